The summed E-state index contributed by atoms with van der Waals surface area (Å²) in [5, 5.41) is 4.67. The molecule has 0 fully saturated rings. The minimum absolute atomic E-state index is 0.205. The molecule has 6 nitrogen and oxygen atoms in total. The van der Waals surface area contributed by atoms with Crippen LogP contribution in [0.4, 0.5) is 5.69 Å². The minimum Gasteiger partial charge on any atom is -0.454 e. The van der Waals surface area contributed by atoms with Gasteiger partial charge in [0.05, 0.1) is 5.69 Å². The Bertz CT molecular complexity index is 1010. The van der Waals surface area contributed by atoms with E-state index in [2.05, 4.69) is 5.32 Å². The number of carbonyl (C=O) groups excluding carboxylic acids is 1. The van der Waals surface area contributed by atoms with E-state index in [-0.39, 0.29) is 13.6 Å². The van der Waals surface area contributed by atoms with Crippen molar-refractivity contribution in [1.29, 1.82) is 0 Å². The van der Waals surface area contributed by atoms with Gasteiger partial charge in [0.15, 0.2) is 23.0 Å². The Morgan fingerprint density at radius 3 is 2.32 bits per heavy atom. The monoisotopic (exact) mass is 335 g/mol. The number of hydrogen-bond donors (Lipinski definition) is 1. The van der Waals surface area contributed by atoms with E-state index in [4.69, 9.17) is 18.9 Å². The first-order valence-corrected chi connectivity index (χ1v) is 7.80. The van der Waals surface area contributed by atoms with Crippen molar-refractivity contribution in [2.24, 2.45) is 0 Å². The summed E-state index contributed by atoms with van der Waals surface area (Å²) in [6.07, 6.45) is 0.676. The van der Waals surface area contributed by atoms with Crippen LogP contribution >= 0.6 is 0 Å². The molecule has 0 radical (unpaired) electrons. The highest BCUT2D eigenvalue weighted by Crippen LogP contribution is 2.43. The van der Waals surface area contributed by atoms with Crippen LogP contribution < -0.4 is 24.3 Å². The number of ether oxygens (including phenoxy) is 4. The van der Waals surface area contributed by atoms with Crippen LogP contribution in [-0.4, -0.2) is 20.0 Å². The molecule has 124 valence electrons. The average Bonchev–Trinajstić information content (AvgIpc) is 3.28. The molecule has 2 aliphatic heterocycles. The van der Waals surface area contributed by atoms with E-state index in [1.165, 1.54) is 0 Å². The number of benzene rings is 3. The molecular formula is C19H13NO5. The van der Waals surface area contributed by atoms with Gasteiger partial charge in [-0.2, -0.15) is 0 Å². The summed E-state index contributed by atoms with van der Waals surface area (Å²) in [5.41, 5.74) is 2.52. The van der Waals surface area contributed by atoms with Crippen LogP contribution in [-0.2, 0) is 4.79 Å². The topological polar surface area (TPSA) is 66.0 Å². The molecule has 25 heavy (non-hydrogen) atoms. The quantitative estimate of drug-likeness (QED) is 0.742. The predicted octanol–water partition coefficient (Wildman–Crippen LogP) is 3.53. The molecule has 2 heterocycles. The Kier molecular flexibility index (Phi) is 2.97. The number of anilines is 1. The summed E-state index contributed by atoms with van der Waals surface area (Å²) in [5.74, 6) is 2.79. The number of carbonyl (C=O) groups is 1. The Morgan fingerprint density at radius 1 is 0.800 bits per heavy atom. The van der Waals surface area contributed by atoms with Crippen LogP contribution in [0, 0.1) is 0 Å². The molecule has 3 aromatic rings. The maximum Gasteiger partial charge on any atom is 0.231 e. The lowest BCUT2D eigenvalue weighted by Crippen LogP contribution is -1.98. The fourth-order valence-corrected chi connectivity index (χ4v) is 3.23. The minimum atomic E-state index is 0.205. The van der Waals surface area contributed by atoms with Crippen molar-refractivity contribution in [1.82, 2.24) is 0 Å². The second-order valence-corrected chi connectivity index (χ2v) is 5.74. The highest BCUT2D eigenvalue weighted by Gasteiger charge is 2.19. The molecular weight excluding hydrogens is 322 g/mol. The Morgan fingerprint density at radius 2 is 1.52 bits per heavy atom. The van der Waals surface area contributed by atoms with Crippen molar-refractivity contribution in [3.8, 4) is 34.1 Å². The van der Waals surface area contributed by atoms with Gasteiger partial charge in [-0.15, -0.1) is 0 Å². The lowest BCUT2D eigenvalue weighted by molar-refractivity contribution is -0.105. The molecule has 1 amide bonds. The smallest absolute Gasteiger partial charge is 0.231 e. The van der Waals surface area contributed by atoms with Gasteiger partial charge in [-0.3, -0.25) is 4.79 Å². The SMILES string of the molecule is O=CNc1c(-c2ccc3c(c2)OCO3)ccc2cc3c(cc12)OCO3. The Labute approximate surface area is 142 Å². The predicted molar refractivity (Wildman–Crippen MR) is 91.3 cm³/mol. The van der Waals surface area contributed by atoms with Crippen LogP contribution in [0.15, 0.2) is 42.5 Å². The van der Waals surface area contributed by atoms with Gasteiger partial charge < -0.3 is 24.3 Å². The average molecular weight is 335 g/mol. The van der Waals surface area contributed by atoms with Gasteiger partial charge in [-0.25, -0.2) is 0 Å². The molecule has 5 rings (SSSR count). The molecule has 0 saturated heterocycles. The van der Waals surface area contributed by atoms with Crippen molar-refractivity contribution in [3.05, 3.63) is 42.5 Å². The van der Waals surface area contributed by atoms with E-state index < -0.39 is 0 Å². The zero-order valence-corrected chi connectivity index (χ0v) is 13.1. The summed E-state index contributed by atoms with van der Waals surface area (Å²) < 4.78 is 21.7. The van der Waals surface area contributed by atoms with E-state index in [9.17, 15) is 4.79 Å². The largest absolute Gasteiger partial charge is 0.454 e. The highest BCUT2D eigenvalue weighted by molar-refractivity contribution is 6.06. The van der Waals surface area contributed by atoms with Crippen LogP contribution in [0.3, 0.4) is 0 Å². The van der Waals surface area contributed by atoms with Gasteiger partial charge in [0.25, 0.3) is 0 Å². The van der Waals surface area contributed by atoms with Crippen LogP contribution in [0.25, 0.3) is 21.9 Å². The molecule has 0 unspecified atom stereocenters. The number of amides is 1. The maximum absolute atomic E-state index is 11.2. The molecule has 0 aliphatic carbocycles. The van der Waals surface area contributed by atoms with Crippen molar-refractivity contribution in [2.45, 2.75) is 0 Å². The third-order valence-corrected chi connectivity index (χ3v) is 4.40. The van der Waals surface area contributed by atoms with E-state index >= 15 is 0 Å². The van der Waals surface area contributed by atoms with E-state index in [1.54, 1.807) is 0 Å². The zero-order chi connectivity index (χ0) is 16.8. The molecule has 0 bridgehead atoms. The molecule has 0 spiro atoms. The fourth-order valence-electron chi connectivity index (χ4n) is 3.23. The first kappa shape index (κ1) is 14.0. The Hall–Kier alpha value is -3.41. The molecule has 1 N–H and O–H groups in total. The molecule has 2 aliphatic rings. The lowest BCUT2D eigenvalue weighted by Gasteiger charge is -2.13. The second kappa shape index (κ2) is 5.31. The molecule has 0 aromatic heterocycles. The summed E-state index contributed by atoms with van der Waals surface area (Å²) in [4.78, 5) is 11.2. The van der Waals surface area contributed by atoms with E-state index in [0.29, 0.717) is 29.3 Å². The third-order valence-electron chi connectivity index (χ3n) is 4.40. The number of rotatable bonds is 3. The first-order chi connectivity index (χ1) is 12.3. The van der Waals surface area contributed by atoms with Gasteiger partial charge in [0.2, 0.25) is 20.0 Å². The zero-order valence-electron chi connectivity index (χ0n) is 13.1. The number of hydrogen-bond acceptors (Lipinski definition) is 5. The molecule has 0 saturated carbocycles. The normalized spacial score (nSPS) is 13.9. The van der Waals surface area contributed by atoms with E-state index in [0.717, 1.165) is 27.6 Å². The van der Waals surface area contributed by atoms with Crippen LogP contribution in [0.2, 0.25) is 0 Å². The van der Waals surface area contributed by atoms with Gasteiger partial charge in [0, 0.05) is 10.9 Å². The van der Waals surface area contributed by atoms with E-state index in [1.807, 2.05) is 42.5 Å². The summed E-state index contributed by atoms with van der Waals surface area (Å²) >= 11 is 0. The van der Waals surface area contributed by atoms with Crippen molar-refractivity contribution in [2.75, 3.05) is 18.9 Å². The number of fused-ring (bicyclic) bond motifs is 3. The van der Waals surface area contributed by atoms with Crippen LogP contribution in [0.1, 0.15) is 0 Å². The number of nitrogens with one attached hydrogen (secondary N) is 1. The van der Waals surface area contributed by atoms with Gasteiger partial charge in [-0.05, 0) is 35.2 Å². The van der Waals surface area contributed by atoms with Gasteiger partial charge >= 0.3 is 0 Å². The second-order valence-electron chi connectivity index (χ2n) is 5.74. The standard InChI is InChI=1S/C19H13NO5/c21-8-20-19-13(11-2-4-15-16(5-11)23-9-22-15)3-1-12-6-17-18(7-14(12)19)25-10-24-17/h1-8H,9-10H2,(H,20,21). The molecule has 0 atom stereocenters. The maximum atomic E-state index is 11.2. The Balaban J connectivity index is 1.73. The van der Waals surface area contributed by atoms with Crippen LogP contribution in [0.5, 0.6) is 23.0 Å². The molecule has 3 aromatic carbocycles. The summed E-state index contributed by atoms with van der Waals surface area (Å²) in [7, 11) is 0. The third kappa shape index (κ3) is 2.15. The lowest BCUT2D eigenvalue weighted by atomic mass is 9.97. The van der Waals surface area contributed by atoms with Gasteiger partial charge in [-0.1, -0.05) is 18.2 Å². The van der Waals surface area contributed by atoms with Crippen molar-refractivity contribution >= 4 is 22.9 Å². The summed E-state index contributed by atoms with van der Waals surface area (Å²) in [6, 6.07) is 13.5. The molecule has 6 heteroatoms. The summed E-state index contributed by atoms with van der Waals surface area (Å²) in [6.45, 7) is 0.427. The fraction of sp³-hybridized carbons (Fsp3) is 0.105. The van der Waals surface area contributed by atoms with Crippen molar-refractivity contribution in [3.63, 3.8) is 0 Å². The first-order valence-electron chi connectivity index (χ1n) is 7.80. The van der Waals surface area contributed by atoms with Crippen molar-refractivity contribution < 1.29 is 23.7 Å². The highest BCUT2D eigenvalue weighted by atomic mass is 16.7. The van der Waals surface area contributed by atoms with Gasteiger partial charge in [0.1, 0.15) is 0 Å².